The van der Waals surface area contributed by atoms with Gasteiger partial charge in [-0.05, 0) is 31.2 Å². The number of hydrogen-bond donors (Lipinski definition) is 1. The van der Waals surface area contributed by atoms with E-state index in [0.29, 0.717) is 0 Å². The molecule has 2 aromatic carbocycles. The van der Waals surface area contributed by atoms with Gasteiger partial charge in [0, 0.05) is 24.9 Å². The maximum Gasteiger partial charge on any atom is 0.321 e. The lowest BCUT2D eigenvalue weighted by Crippen LogP contribution is -2.34. The second-order valence-corrected chi connectivity index (χ2v) is 8.13. The van der Waals surface area contributed by atoms with E-state index >= 15 is 0 Å². The zero-order valence-electron chi connectivity index (χ0n) is 15.7. The Morgan fingerprint density at radius 3 is 2.24 bits per heavy atom. The van der Waals surface area contributed by atoms with Gasteiger partial charge >= 0.3 is 5.97 Å². The molecule has 0 unspecified atom stereocenters. The average molecular weight is 421 g/mol. The van der Waals surface area contributed by atoms with Crippen LogP contribution in [0.25, 0.3) is 0 Å². The first kappa shape index (κ1) is 22.0. The van der Waals surface area contributed by atoms with Crippen molar-refractivity contribution in [1.82, 2.24) is 4.31 Å². The molecule has 1 amide bonds. The predicted octanol–water partition coefficient (Wildman–Crippen LogP) is 1.71. The van der Waals surface area contributed by atoms with Crippen LogP contribution in [-0.2, 0) is 24.3 Å². The van der Waals surface area contributed by atoms with E-state index in [1.807, 2.05) is 6.92 Å². The van der Waals surface area contributed by atoms with Gasteiger partial charge in [-0.25, -0.2) is 8.42 Å². The number of sulfonamides is 1. The average Bonchev–Trinajstić information content (AvgIpc) is 2.67. The van der Waals surface area contributed by atoms with Crippen molar-refractivity contribution in [3.63, 3.8) is 0 Å². The molecule has 0 saturated carbocycles. The molecule has 0 radical (unpaired) electrons. The van der Waals surface area contributed by atoms with E-state index in [0.717, 1.165) is 9.87 Å². The third kappa shape index (κ3) is 6.09. The summed E-state index contributed by atoms with van der Waals surface area (Å²) in [5.74, 6) is -1.57. The van der Waals surface area contributed by atoms with E-state index in [2.05, 4.69) is 5.32 Å². The molecule has 0 aliphatic carbocycles. The van der Waals surface area contributed by atoms with Gasteiger partial charge in [-0.2, -0.15) is 4.31 Å². The third-order valence-corrected chi connectivity index (χ3v) is 5.62. The van der Waals surface area contributed by atoms with Crippen LogP contribution in [0.1, 0.15) is 5.56 Å². The summed E-state index contributed by atoms with van der Waals surface area (Å²) >= 11 is 0. The molecule has 0 aliphatic rings. The Labute approximate surface area is 167 Å². The third-order valence-electron chi connectivity index (χ3n) is 3.81. The number of nitrogens with one attached hydrogen (secondary N) is 1. The number of hydrogen-bond acceptors (Lipinski definition) is 7. The molecule has 0 heterocycles. The van der Waals surface area contributed by atoms with Crippen molar-refractivity contribution < 1.29 is 27.7 Å². The van der Waals surface area contributed by atoms with Crippen molar-refractivity contribution in [3.8, 4) is 0 Å². The number of aryl methyl sites for hydroxylation is 1. The first-order chi connectivity index (χ1) is 13.6. The zero-order chi connectivity index (χ0) is 21.6. The lowest BCUT2D eigenvalue weighted by Gasteiger charge is -2.16. The number of nitrogens with zero attached hydrogens (tertiary/aromatic N) is 2. The molecular formula is C18H19N3O7S. The van der Waals surface area contributed by atoms with Gasteiger partial charge in [-0.3, -0.25) is 19.7 Å². The second-order valence-electron chi connectivity index (χ2n) is 6.09. The number of carbonyl (C=O) groups is 2. The highest BCUT2D eigenvalue weighted by atomic mass is 32.2. The van der Waals surface area contributed by atoms with Gasteiger partial charge in [0.15, 0.2) is 6.61 Å². The lowest BCUT2D eigenvalue weighted by atomic mass is 10.2. The molecule has 10 nitrogen and oxygen atoms in total. The summed E-state index contributed by atoms with van der Waals surface area (Å²) < 4.78 is 30.5. The van der Waals surface area contributed by atoms with E-state index in [4.69, 9.17) is 4.74 Å². The molecule has 29 heavy (non-hydrogen) atoms. The number of benzene rings is 2. The van der Waals surface area contributed by atoms with Crippen LogP contribution in [0, 0.1) is 17.0 Å². The molecule has 2 rings (SSSR count). The molecular weight excluding hydrogens is 402 g/mol. The highest BCUT2D eigenvalue weighted by Crippen LogP contribution is 2.16. The topological polar surface area (TPSA) is 136 Å². The van der Waals surface area contributed by atoms with Gasteiger partial charge < -0.3 is 10.1 Å². The fraction of sp³-hybridized carbons (Fsp3) is 0.222. The molecule has 154 valence electrons. The minimum atomic E-state index is -3.87. The minimum Gasteiger partial charge on any atom is -0.455 e. The number of ether oxygens (including phenoxy) is 1. The van der Waals surface area contributed by atoms with Crippen LogP contribution in [0.15, 0.2) is 53.4 Å². The highest BCUT2D eigenvalue weighted by Gasteiger charge is 2.23. The Kier molecular flexibility index (Phi) is 7.02. The van der Waals surface area contributed by atoms with Crippen molar-refractivity contribution in [2.24, 2.45) is 0 Å². The SMILES string of the molecule is Cc1ccc(S(=O)(=O)N(C)CC(=O)OCC(=O)Nc2ccc([N+](=O)[O-])cc2)cc1. The Bertz CT molecular complexity index is 1000. The van der Waals surface area contributed by atoms with Crippen LogP contribution in [0.3, 0.4) is 0 Å². The number of anilines is 1. The maximum absolute atomic E-state index is 12.4. The van der Waals surface area contributed by atoms with Gasteiger partial charge in [0.05, 0.1) is 9.82 Å². The van der Waals surface area contributed by atoms with Crippen LogP contribution >= 0.6 is 0 Å². The van der Waals surface area contributed by atoms with Crippen LogP contribution in [0.5, 0.6) is 0 Å². The number of nitro benzene ring substituents is 1. The summed E-state index contributed by atoms with van der Waals surface area (Å²) in [6.07, 6.45) is 0. The van der Waals surface area contributed by atoms with Gasteiger partial charge in [0.1, 0.15) is 6.54 Å². The Balaban J connectivity index is 1.86. The van der Waals surface area contributed by atoms with Crippen molar-refractivity contribution in [2.45, 2.75) is 11.8 Å². The lowest BCUT2D eigenvalue weighted by molar-refractivity contribution is -0.384. The van der Waals surface area contributed by atoms with Crippen molar-refractivity contribution in [3.05, 3.63) is 64.2 Å². The quantitative estimate of drug-likeness (QED) is 0.389. The number of likely N-dealkylation sites (N-methyl/N-ethyl adjacent to an activating group) is 1. The molecule has 1 N–H and O–H groups in total. The van der Waals surface area contributed by atoms with Gasteiger partial charge in [0.25, 0.3) is 11.6 Å². The van der Waals surface area contributed by atoms with Crippen molar-refractivity contribution >= 4 is 33.3 Å². The van der Waals surface area contributed by atoms with Gasteiger partial charge in [-0.15, -0.1) is 0 Å². The molecule has 0 spiro atoms. The molecule has 0 atom stereocenters. The molecule has 0 fully saturated rings. The largest absolute Gasteiger partial charge is 0.455 e. The minimum absolute atomic E-state index is 0.0364. The summed E-state index contributed by atoms with van der Waals surface area (Å²) in [6.45, 7) is 0.620. The Hall–Kier alpha value is -3.31. The van der Waals surface area contributed by atoms with Crippen LogP contribution in [-0.4, -0.2) is 49.7 Å². The van der Waals surface area contributed by atoms with Crippen molar-refractivity contribution in [2.75, 3.05) is 25.5 Å². The first-order valence-corrected chi connectivity index (χ1v) is 9.76. The molecule has 11 heteroatoms. The summed E-state index contributed by atoms with van der Waals surface area (Å²) in [5, 5.41) is 13.0. The normalized spacial score (nSPS) is 11.1. The zero-order valence-corrected chi connectivity index (χ0v) is 16.5. The standard InChI is InChI=1S/C18H19N3O7S/c1-13-3-9-16(10-4-13)29(26,27)20(2)11-18(23)28-12-17(22)19-14-5-7-15(8-6-14)21(24)25/h3-10H,11-12H2,1-2H3,(H,19,22). The Morgan fingerprint density at radius 1 is 1.10 bits per heavy atom. The van der Waals surface area contributed by atoms with E-state index in [1.54, 1.807) is 12.1 Å². The molecule has 2 aromatic rings. The number of carbonyl (C=O) groups excluding carboxylic acids is 2. The second kappa shape index (κ2) is 9.26. The maximum atomic E-state index is 12.4. The summed E-state index contributed by atoms with van der Waals surface area (Å²) in [4.78, 5) is 33.7. The summed E-state index contributed by atoms with van der Waals surface area (Å²) in [6, 6.07) is 11.2. The van der Waals surface area contributed by atoms with Crippen LogP contribution < -0.4 is 5.32 Å². The monoisotopic (exact) mass is 421 g/mol. The fourth-order valence-corrected chi connectivity index (χ4v) is 3.33. The van der Waals surface area contributed by atoms with Crippen LogP contribution in [0.2, 0.25) is 0 Å². The molecule has 0 aliphatic heterocycles. The number of amides is 1. The number of rotatable bonds is 8. The highest BCUT2D eigenvalue weighted by molar-refractivity contribution is 7.89. The predicted molar refractivity (Wildman–Crippen MR) is 104 cm³/mol. The van der Waals surface area contributed by atoms with E-state index < -0.39 is 40.0 Å². The van der Waals surface area contributed by atoms with Gasteiger partial charge in [0.2, 0.25) is 10.0 Å². The summed E-state index contributed by atoms with van der Waals surface area (Å²) in [7, 11) is -2.64. The fourth-order valence-electron chi connectivity index (χ4n) is 2.21. The van der Waals surface area contributed by atoms with E-state index in [1.165, 1.54) is 43.4 Å². The number of nitro groups is 1. The first-order valence-electron chi connectivity index (χ1n) is 8.32. The Morgan fingerprint density at radius 2 is 1.69 bits per heavy atom. The van der Waals surface area contributed by atoms with E-state index in [-0.39, 0.29) is 16.3 Å². The number of esters is 1. The summed E-state index contributed by atoms with van der Waals surface area (Å²) in [5.41, 5.74) is 1.05. The number of non-ortho nitro benzene ring substituents is 1. The van der Waals surface area contributed by atoms with Crippen molar-refractivity contribution in [1.29, 1.82) is 0 Å². The molecule has 0 aromatic heterocycles. The van der Waals surface area contributed by atoms with E-state index in [9.17, 15) is 28.1 Å². The molecule has 0 saturated heterocycles. The smallest absolute Gasteiger partial charge is 0.321 e. The molecule has 0 bridgehead atoms. The van der Waals surface area contributed by atoms with Gasteiger partial charge in [-0.1, -0.05) is 17.7 Å². The van der Waals surface area contributed by atoms with Crippen LogP contribution in [0.4, 0.5) is 11.4 Å².